The number of benzene rings is 1. The smallest absolute Gasteiger partial charge is 0.308 e. The zero-order valence-electron chi connectivity index (χ0n) is 10.1. The summed E-state index contributed by atoms with van der Waals surface area (Å²) in [6, 6.07) is 3.72. The van der Waals surface area contributed by atoms with Crippen molar-refractivity contribution in [3.05, 3.63) is 50.1 Å². The summed E-state index contributed by atoms with van der Waals surface area (Å²) in [7, 11) is 1.55. The van der Waals surface area contributed by atoms with Gasteiger partial charge in [0.05, 0.1) is 6.04 Å². The van der Waals surface area contributed by atoms with E-state index in [1.165, 1.54) is 12.1 Å². The van der Waals surface area contributed by atoms with Gasteiger partial charge in [-0.05, 0) is 19.2 Å². The van der Waals surface area contributed by atoms with Crippen LogP contribution in [0.4, 0.5) is 17.6 Å². The van der Waals surface area contributed by atoms with Gasteiger partial charge in [-0.2, -0.15) is 13.2 Å². The average Bonchev–Trinajstić information content (AvgIpc) is 2.83. The molecule has 0 aliphatic heterocycles. The van der Waals surface area contributed by atoms with E-state index >= 15 is 0 Å². The molecule has 0 amide bonds. The van der Waals surface area contributed by atoms with Crippen LogP contribution in [0, 0.1) is 5.82 Å². The number of nitrogens with zero attached hydrogens (tertiary/aromatic N) is 1. The molecule has 0 saturated carbocycles. The van der Waals surface area contributed by atoms with E-state index in [2.05, 4.69) is 26.2 Å². The maximum absolute atomic E-state index is 13.9. The Morgan fingerprint density at radius 3 is 2.55 bits per heavy atom. The van der Waals surface area contributed by atoms with Crippen molar-refractivity contribution in [2.45, 2.75) is 12.2 Å². The van der Waals surface area contributed by atoms with Crippen molar-refractivity contribution in [3.63, 3.8) is 0 Å². The van der Waals surface area contributed by atoms with Gasteiger partial charge in [0.1, 0.15) is 5.82 Å². The minimum Gasteiger partial charge on any atom is -0.308 e. The number of nitrogens with one attached hydrogen (secondary N) is 1. The van der Waals surface area contributed by atoms with Gasteiger partial charge in [-0.1, -0.05) is 22.0 Å². The van der Waals surface area contributed by atoms with Crippen LogP contribution in [0.3, 0.4) is 0 Å². The van der Waals surface area contributed by atoms with Crippen LogP contribution in [-0.4, -0.2) is 12.0 Å². The Kier molecular flexibility index (Phi) is 4.46. The highest BCUT2D eigenvalue weighted by atomic mass is 79.9. The van der Waals surface area contributed by atoms with Crippen LogP contribution in [0.5, 0.6) is 0 Å². The minimum absolute atomic E-state index is 0.257. The van der Waals surface area contributed by atoms with Crippen molar-refractivity contribution in [1.82, 2.24) is 10.3 Å². The molecule has 1 N–H and O–H groups in total. The lowest BCUT2D eigenvalue weighted by molar-refractivity contribution is -0.137. The highest BCUT2D eigenvalue weighted by molar-refractivity contribution is 9.10. The van der Waals surface area contributed by atoms with E-state index in [4.69, 9.17) is 0 Å². The molecule has 1 aromatic carbocycles. The summed E-state index contributed by atoms with van der Waals surface area (Å²) >= 11 is 3.71. The third-order valence-electron chi connectivity index (χ3n) is 2.63. The van der Waals surface area contributed by atoms with Gasteiger partial charge in [-0.25, -0.2) is 9.37 Å². The van der Waals surface area contributed by atoms with Crippen molar-refractivity contribution < 1.29 is 17.6 Å². The number of halogens is 5. The molecule has 8 heteroatoms. The first-order valence-electron chi connectivity index (χ1n) is 5.48. The fourth-order valence-electron chi connectivity index (χ4n) is 1.77. The summed E-state index contributed by atoms with van der Waals surface area (Å²) in [5.74, 6) is -0.499. The van der Waals surface area contributed by atoms with Gasteiger partial charge in [-0.15, -0.1) is 11.3 Å². The van der Waals surface area contributed by atoms with E-state index in [0.29, 0.717) is 20.7 Å². The second-order valence-electron chi connectivity index (χ2n) is 3.92. The fourth-order valence-corrected chi connectivity index (χ4v) is 3.24. The van der Waals surface area contributed by atoms with Crippen LogP contribution < -0.4 is 5.32 Å². The van der Waals surface area contributed by atoms with Crippen LogP contribution in [0.15, 0.2) is 28.9 Å². The molecule has 1 aromatic heterocycles. The molecule has 20 heavy (non-hydrogen) atoms. The van der Waals surface area contributed by atoms with Crippen LogP contribution in [0.2, 0.25) is 0 Å². The Morgan fingerprint density at radius 2 is 2.05 bits per heavy atom. The second-order valence-corrected chi connectivity index (χ2v) is 5.84. The third kappa shape index (κ3) is 3.02. The van der Waals surface area contributed by atoms with Crippen LogP contribution >= 0.6 is 27.3 Å². The Labute approximate surface area is 125 Å². The summed E-state index contributed by atoms with van der Waals surface area (Å²) < 4.78 is 52.1. The molecule has 0 radical (unpaired) electrons. The van der Waals surface area contributed by atoms with Crippen molar-refractivity contribution in [2.24, 2.45) is 0 Å². The number of aromatic nitrogens is 1. The zero-order chi connectivity index (χ0) is 14.9. The molecule has 1 unspecified atom stereocenters. The number of thiazole rings is 1. The Morgan fingerprint density at radius 1 is 1.35 bits per heavy atom. The number of alkyl halides is 3. The molecule has 0 aliphatic carbocycles. The van der Waals surface area contributed by atoms with Gasteiger partial charge in [0.2, 0.25) is 0 Å². The summed E-state index contributed by atoms with van der Waals surface area (Å²) in [6.07, 6.45) is -3.37. The van der Waals surface area contributed by atoms with Crippen molar-refractivity contribution in [1.29, 1.82) is 0 Å². The van der Waals surface area contributed by atoms with E-state index in [-0.39, 0.29) is 5.56 Å². The van der Waals surface area contributed by atoms with E-state index in [1.807, 2.05) is 0 Å². The number of hydrogen-bond donors (Lipinski definition) is 1. The average molecular weight is 369 g/mol. The largest absolute Gasteiger partial charge is 0.443 e. The van der Waals surface area contributed by atoms with Crippen molar-refractivity contribution in [2.75, 3.05) is 7.05 Å². The molecule has 0 spiro atoms. The predicted octanol–water partition coefficient (Wildman–Crippen LogP) is 4.37. The summed E-state index contributed by atoms with van der Waals surface area (Å²) in [6.45, 7) is 0. The molecule has 2 rings (SSSR count). The van der Waals surface area contributed by atoms with E-state index in [0.717, 1.165) is 6.20 Å². The molecule has 2 nitrogen and oxygen atoms in total. The first-order valence-corrected chi connectivity index (χ1v) is 7.09. The molecule has 1 heterocycles. The molecular weight excluding hydrogens is 360 g/mol. The normalized spacial score (nSPS) is 13.5. The molecular formula is C12H9BrF4N2S. The Hall–Kier alpha value is -0.990. The molecule has 0 fully saturated rings. The van der Waals surface area contributed by atoms with Crippen LogP contribution in [-0.2, 0) is 6.18 Å². The molecule has 1 atom stereocenters. The Balaban J connectivity index is 2.45. The lowest BCUT2D eigenvalue weighted by atomic mass is 10.1. The van der Waals surface area contributed by atoms with E-state index in [1.54, 1.807) is 13.1 Å². The summed E-state index contributed by atoms with van der Waals surface area (Å²) in [5.41, 5.74) is 0.257. The van der Waals surface area contributed by atoms with Crippen LogP contribution in [0.1, 0.15) is 21.5 Å². The van der Waals surface area contributed by atoms with Gasteiger partial charge in [-0.3, -0.25) is 0 Å². The third-order valence-corrected chi connectivity index (χ3v) is 4.43. The maximum Gasteiger partial charge on any atom is 0.443 e. The lowest BCUT2D eigenvalue weighted by Crippen LogP contribution is -2.18. The van der Waals surface area contributed by atoms with Crippen molar-refractivity contribution >= 4 is 27.3 Å². The van der Waals surface area contributed by atoms with E-state index in [9.17, 15) is 17.6 Å². The molecule has 0 aliphatic rings. The molecule has 2 aromatic rings. The highest BCUT2D eigenvalue weighted by Gasteiger charge is 2.35. The van der Waals surface area contributed by atoms with Gasteiger partial charge >= 0.3 is 6.18 Å². The number of hydrogen-bond acceptors (Lipinski definition) is 3. The first-order chi connectivity index (χ1) is 9.34. The molecule has 0 saturated heterocycles. The van der Waals surface area contributed by atoms with E-state index < -0.39 is 23.0 Å². The second kappa shape index (κ2) is 5.79. The highest BCUT2D eigenvalue weighted by Crippen LogP contribution is 2.38. The van der Waals surface area contributed by atoms with Gasteiger partial charge in [0.25, 0.3) is 0 Å². The maximum atomic E-state index is 13.9. The number of rotatable bonds is 3. The van der Waals surface area contributed by atoms with Gasteiger partial charge in [0, 0.05) is 21.1 Å². The molecule has 108 valence electrons. The van der Waals surface area contributed by atoms with Crippen molar-refractivity contribution in [3.8, 4) is 0 Å². The Bertz CT molecular complexity index is 591. The van der Waals surface area contributed by atoms with Gasteiger partial charge < -0.3 is 5.32 Å². The van der Waals surface area contributed by atoms with Gasteiger partial charge in [0.15, 0.2) is 5.01 Å². The van der Waals surface area contributed by atoms with Crippen LogP contribution in [0.25, 0.3) is 0 Å². The quantitative estimate of drug-likeness (QED) is 0.813. The summed E-state index contributed by atoms with van der Waals surface area (Å²) in [5, 5.41) is 1.87. The molecule has 0 bridgehead atoms. The first kappa shape index (κ1) is 15.4. The summed E-state index contributed by atoms with van der Waals surface area (Å²) in [4.78, 5) is 3.65. The fraction of sp³-hybridized carbons (Fsp3) is 0.250. The zero-order valence-corrected chi connectivity index (χ0v) is 12.5. The SMILES string of the molecule is CNC(c1cnc(C(F)(F)F)s1)c1c(F)cccc1Br. The topological polar surface area (TPSA) is 24.9 Å². The standard InChI is InChI=1S/C12H9BrF4N2S/c1-18-10(9-6(13)3-2-4-7(9)14)8-5-19-11(20-8)12(15,16)17/h2-5,10,18H,1H3. The monoisotopic (exact) mass is 368 g/mol. The lowest BCUT2D eigenvalue weighted by Gasteiger charge is -2.17. The predicted molar refractivity (Wildman–Crippen MR) is 72.1 cm³/mol. The minimum atomic E-state index is -4.49.